The fraction of sp³-hybridized carbons (Fsp3) is 0.182. The summed E-state index contributed by atoms with van der Waals surface area (Å²) in [5.74, 6) is 0.860. The van der Waals surface area contributed by atoms with Gasteiger partial charge in [0.15, 0.2) is 5.82 Å². The van der Waals surface area contributed by atoms with Crippen LogP contribution < -0.4 is 21.3 Å². The van der Waals surface area contributed by atoms with Crippen LogP contribution in [0.2, 0.25) is 0 Å². The van der Waals surface area contributed by atoms with Crippen molar-refractivity contribution < 1.29 is 4.74 Å². The average Bonchev–Trinajstić information content (AvgIpc) is 2.36. The maximum Gasteiger partial charge on any atom is 0.309 e. The Hall–Kier alpha value is -2.57. The van der Waals surface area contributed by atoms with Gasteiger partial charge in [-0.3, -0.25) is 4.79 Å². The Morgan fingerprint density at radius 1 is 1.44 bits per heavy atom. The maximum atomic E-state index is 11.3. The highest BCUT2D eigenvalue weighted by molar-refractivity contribution is 5.56. The average molecular weight is 247 g/mol. The van der Waals surface area contributed by atoms with Gasteiger partial charge in [0.1, 0.15) is 5.75 Å². The second-order valence-corrected chi connectivity index (χ2v) is 3.61. The van der Waals surface area contributed by atoms with Crippen molar-refractivity contribution in [2.24, 2.45) is 7.05 Å². The van der Waals surface area contributed by atoms with Crippen molar-refractivity contribution >= 4 is 17.5 Å². The van der Waals surface area contributed by atoms with Gasteiger partial charge in [0.25, 0.3) is 0 Å². The number of methoxy groups -OCH3 is 1. The molecule has 1 aromatic carbocycles. The quantitative estimate of drug-likeness (QED) is 0.820. The van der Waals surface area contributed by atoms with Crippen LogP contribution in [0.15, 0.2) is 29.1 Å². The molecule has 7 heteroatoms. The van der Waals surface area contributed by atoms with Gasteiger partial charge in [-0.25, -0.2) is 4.68 Å². The smallest absolute Gasteiger partial charge is 0.309 e. The van der Waals surface area contributed by atoms with Gasteiger partial charge in [-0.15, -0.1) is 5.10 Å². The molecule has 0 aliphatic heterocycles. The zero-order valence-corrected chi connectivity index (χ0v) is 10.0. The van der Waals surface area contributed by atoms with E-state index in [9.17, 15) is 4.79 Å². The van der Waals surface area contributed by atoms with E-state index in [1.54, 1.807) is 13.2 Å². The van der Waals surface area contributed by atoms with Crippen molar-refractivity contribution in [1.82, 2.24) is 14.8 Å². The zero-order valence-electron chi connectivity index (χ0n) is 10.0. The van der Waals surface area contributed by atoms with Gasteiger partial charge in [0.2, 0.25) is 5.95 Å². The van der Waals surface area contributed by atoms with Crippen LogP contribution in [-0.4, -0.2) is 21.9 Å². The Balaban J connectivity index is 2.31. The number of benzene rings is 1. The molecule has 0 aliphatic carbocycles. The molecule has 18 heavy (non-hydrogen) atoms. The second-order valence-electron chi connectivity index (χ2n) is 3.61. The molecule has 94 valence electrons. The number of nitrogens with one attached hydrogen (secondary N) is 1. The molecule has 0 radical (unpaired) electrons. The number of ether oxygens (including phenoxy) is 1. The van der Waals surface area contributed by atoms with Crippen molar-refractivity contribution in [3.8, 4) is 5.75 Å². The minimum Gasteiger partial charge on any atom is -0.497 e. The number of hydrogen-bond donors (Lipinski definition) is 2. The summed E-state index contributed by atoms with van der Waals surface area (Å²) in [4.78, 5) is 15.2. The topological polar surface area (TPSA) is 95.1 Å². The van der Waals surface area contributed by atoms with Crippen molar-refractivity contribution in [2.45, 2.75) is 0 Å². The lowest BCUT2D eigenvalue weighted by Gasteiger charge is -2.07. The third kappa shape index (κ3) is 2.40. The molecule has 0 saturated carbocycles. The largest absolute Gasteiger partial charge is 0.497 e. The van der Waals surface area contributed by atoms with Gasteiger partial charge in [0.05, 0.1) is 7.11 Å². The Morgan fingerprint density at radius 3 is 2.89 bits per heavy atom. The van der Waals surface area contributed by atoms with E-state index in [1.165, 1.54) is 7.05 Å². The number of nitrogens with zero attached hydrogens (tertiary/aromatic N) is 3. The summed E-state index contributed by atoms with van der Waals surface area (Å²) in [5.41, 5.74) is 5.80. The molecule has 0 spiro atoms. The molecule has 0 bridgehead atoms. The van der Waals surface area contributed by atoms with E-state index in [0.29, 0.717) is 5.75 Å². The van der Waals surface area contributed by atoms with E-state index in [0.717, 1.165) is 10.4 Å². The van der Waals surface area contributed by atoms with Crippen molar-refractivity contribution in [3.63, 3.8) is 0 Å². The summed E-state index contributed by atoms with van der Waals surface area (Å²) < 4.78 is 6.23. The highest BCUT2D eigenvalue weighted by Crippen LogP contribution is 2.18. The van der Waals surface area contributed by atoms with Gasteiger partial charge in [-0.1, -0.05) is 6.07 Å². The van der Waals surface area contributed by atoms with E-state index in [-0.39, 0.29) is 11.8 Å². The maximum absolute atomic E-state index is 11.3. The molecule has 7 nitrogen and oxygen atoms in total. The number of nitrogens with two attached hydrogens (primary N) is 1. The van der Waals surface area contributed by atoms with Crippen LogP contribution in [0.3, 0.4) is 0 Å². The monoisotopic (exact) mass is 247 g/mol. The van der Waals surface area contributed by atoms with Crippen LogP contribution in [0.25, 0.3) is 0 Å². The molecular formula is C11H13N5O2. The van der Waals surface area contributed by atoms with E-state index < -0.39 is 5.56 Å². The molecule has 0 aliphatic rings. The molecule has 0 fully saturated rings. The first kappa shape index (κ1) is 11.9. The lowest BCUT2D eigenvalue weighted by atomic mass is 10.3. The molecule has 0 unspecified atom stereocenters. The first-order chi connectivity index (χ1) is 8.60. The van der Waals surface area contributed by atoms with Gasteiger partial charge >= 0.3 is 5.56 Å². The normalized spacial score (nSPS) is 10.1. The summed E-state index contributed by atoms with van der Waals surface area (Å²) in [6.45, 7) is 0. The molecule has 2 aromatic rings. The van der Waals surface area contributed by atoms with E-state index >= 15 is 0 Å². The zero-order chi connectivity index (χ0) is 13.1. The lowest BCUT2D eigenvalue weighted by molar-refractivity contribution is 0.415. The summed E-state index contributed by atoms with van der Waals surface area (Å²) >= 11 is 0. The number of anilines is 3. The highest BCUT2D eigenvalue weighted by Gasteiger charge is 2.05. The number of aryl methyl sites for hydroxylation is 1. The third-order valence-corrected chi connectivity index (χ3v) is 2.31. The Bertz CT molecular complexity index is 597. The fourth-order valence-electron chi connectivity index (χ4n) is 1.42. The molecule has 2 rings (SSSR count). The number of aromatic nitrogens is 3. The fourth-order valence-corrected chi connectivity index (χ4v) is 1.42. The number of hydrogen-bond acceptors (Lipinski definition) is 6. The van der Waals surface area contributed by atoms with Gasteiger partial charge in [-0.2, -0.15) is 4.98 Å². The van der Waals surface area contributed by atoms with Gasteiger partial charge in [-0.05, 0) is 12.1 Å². The summed E-state index contributed by atoms with van der Waals surface area (Å²) in [5, 5.41) is 6.89. The first-order valence-corrected chi connectivity index (χ1v) is 5.22. The van der Waals surface area contributed by atoms with Crippen LogP contribution in [0.1, 0.15) is 0 Å². The SMILES string of the molecule is COc1cccc(Nc2nc(N)c(=O)n(C)n2)c1. The van der Waals surface area contributed by atoms with Crippen molar-refractivity contribution in [2.75, 3.05) is 18.2 Å². The predicted molar refractivity (Wildman–Crippen MR) is 68.0 cm³/mol. The minimum atomic E-state index is -0.425. The molecular weight excluding hydrogens is 234 g/mol. The Kier molecular flexibility index (Phi) is 3.13. The second kappa shape index (κ2) is 4.74. The molecule has 3 N–H and O–H groups in total. The third-order valence-electron chi connectivity index (χ3n) is 2.31. The van der Waals surface area contributed by atoms with Crippen LogP contribution in [-0.2, 0) is 7.05 Å². The van der Waals surface area contributed by atoms with E-state index in [4.69, 9.17) is 10.5 Å². The summed E-state index contributed by atoms with van der Waals surface area (Å²) in [7, 11) is 3.09. The van der Waals surface area contributed by atoms with Gasteiger partial charge < -0.3 is 15.8 Å². The first-order valence-electron chi connectivity index (χ1n) is 5.22. The van der Waals surface area contributed by atoms with E-state index in [1.807, 2.05) is 18.2 Å². The van der Waals surface area contributed by atoms with Crippen LogP contribution in [0, 0.1) is 0 Å². The minimum absolute atomic E-state index is 0.0992. The van der Waals surface area contributed by atoms with Crippen LogP contribution in [0.4, 0.5) is 17.5 Å². The summed E-state index contributed by atoms with van der Waals surface area (Å²) in [6, 6.07) is 7.26. The Labute approximate surface area is 103 Å². The predicted octanol–water partition coefficient (Wildman–Crippen LogP) is 0.510. The molecule has 0 amide bonds. The molecule has 1 heterocycles. The molecule has 0 atom stereocenters. The van der Waals surface area contributed by atoms with Gasteiger partial charge in [0, 0.05) is 18.8 Å². The molecule has 1 aromatic heterocycles. The van der Waals surface area contributed by atoms with E-state index in [2.05, 4.69) is 15.4 Å². The lowest BCUT2D eigenvalue weighted by Crippen LogP contribution is -2.25. The van der Waals surface area contributed by atoms with Crippen LogP contribution in [0.5, 0.6) is 5.75 Å². The Morgan fingerprint density at radius 2 is 2.22 bits per heavy atom. The van der Waals surface area contributed by atoms with Crippen LogP contribution >= 0.6 is 0 Å². The number of rotatable bonds is 3. The van der Waals surface area contributed by atoms with Crippen molar-refractivity contribution in [3.05, 3.63) is 34.6 Å². The highest BCUT2D eigenvalue weighted by atomic mass is 16.5. The standard InChI is InChI=1S/C11H13N5O2/c1-16-10(17)9(12)14-11(15-16)13-7-4-3-5-8(6-7)18-2/h3-6H,1-2H3,(H3,12,13,14,15). The van der Waals surface area contributed by atoms with Crippen molar-refractivity contribution in [1.29, 1.82) is 0 Å². The molecule has 0 saturated heterocycles. The number of nitrogen functional groups attached to an aromatic ring is 1. The summed E-state index contributed by atoms with van der Waals surface area (Å²) in [6.07, 6.45) is 0.